The number of alkyl halides is 3. The predicted molar refractivity (Wildman–Crippen MR) is 224 cm³/mol. The van der Waals surface area contributed by atoms with Crippen molar-refractivity contribution < 1.29 is 46.9 Å². The Hall–Kier alpha value is -7.57. The van der Waals surface area contributed by atoms with E-state index in [0.29, 0.717) is 62.6 Å². The smallest absolute Gasteiger partial charge is 0.508 e. The van der Waals surface area contributed by atoms with E-state index in [9.17, 15) is 37.8 Å². The molecule has 0 unspecified atom stereocenters. The number of amides is 1. The maximum atomic E-state index is 12.9. The SMILES string of the molecule is O=C(NCCOCCNC(=S)Nc1ccc(-c2c3ccc(=O)cc-3oc3cc(O)ccc23)c(C(=O)O)c1)c1cccc(-c2cc(Nc3ccc(OC(F)(F)F)cc3)ncn2)c1. The van der Waals surface area contributed by atoms with Crippen LogP contribution >= 0.6 is 12.2 Å². The van der Waals surface area contributed by atoms with Crippen molar-refractivity contribution in [1.82, 2.24) is 20.6 Å². The number of fused-ring (bicyclic) bond motifs is 2. The fraction of sp³-hybridized carbons (Fsp3) is 0.116. The van der Waals surface area contributed by atoms with E-state index in [-0.39, 0.29) is 64.6 Å². The Morgan fingerprint density at radius 3 is 2.34 bits per heavy atom. The first-order valence-electron chi connectivity index (χ1n) is 18.3. The largest absolute Gasteiger partial charge is 0.573 e. The molecule has 18 heteroatoms. The first-order chi connectivity index (χ1) is 29.3. The molecule has 0 bridgehead atoms. The quantitative estimate of drug-likeness (QED) is 0.0352. The average Bonchev–Trinajstić information content (AvgIpc) is 3.22. The molecule has 2 aliphatic rings. The number of carboxylic acids is 1. The van der Waals surface area contributed by atoms with Crippen LogP contribution in [0.1, 0.15) is 20.7 Å². The van der Waals surface area contributed by atoms with E-state index in [4.69, 9.17) is 21.4 Å². The van der Waals surface area contributed by atoms with Gasteiger partial charge in [-0.25, -0.2) is 14.8 Å². The number of hydrogen-bond acceptors (Lipinski definition) is 11. The topological polar surface area (TPSA) is 197 Å². The van der Waals surface area contributed by atoms with Crippen LogP contribution in [0, 0.1) is 0 Å². The number of carbonyl (C=O) groups excluding carboxylic acids is 1. The Kier molecular flexibility index (Phi) is 12.4. The molecular weight excluding hydrogens is 818 g/mol. The zero-order chi connectivity index (χ0) is 43.1. The lowest BCUT2D eigenvalue weighted by molar-refractivity contribution is -0.274. The van der Waals surface area contributed by atoms with Crippen LogP contribution in [0.5, 0.6) is 11.5 Å². The van der Waals surface area contributed by atoms with Gasteiger partial charge in [0, 0.05) is 70.3 Å². The highest BCUT2D eigenvalue weighted by molar-refractivity contribution is 7.80. The summed E-state index contributed by atoms with van der Waals surface area (Å²) >= 11 is 5.42. The molecule has 1 aromatic heterocycles. The number of aromatic hydroxyl groups is 1. The number of phenols is 1. The normalized spacial score (nSPS) is 11.3. The molecule has 1 aliphatic heterocycles. The van der Waals surface area contributed by atoms with Crippen molar-refractivity contribution in [1.29, 1.82) is 0 Å². The lowest BCUT2D eigenvalue weighted by Gasteiger charge is -2.18. The second-order valence-electron chi connectivity index (χ2n) is 13.2. The Labute approximate surface area is 349 Å². The van der Waals surface area contributed by atoms with Crippen LogP contribution in [0.3, 0.4) is 0 Å². The number of aromatic carboxylic acids is 1. The number of carboxylic acid groups (broad SMARTS) is 1. The van der Waals surface area contributed by atoms with Crippen LogP contribution in [0.25, 0.3) is 44.7 Å². The number of rotatable bonds is 14. The van der Waals surface area contributed by atoms with E-state index in [1.807, 2.05) is 0 Å². The molecule has 14 nitrogen and oxygen atoms in total. The summed E-state index contributed by atoms with van der Waals surface area (Å²) in [5.74, 6) is -1.33. The van der Waals surface area contributed by atoms with Crippen molar-refractivity contribution in [3.8, 4) is 45.2 Å². The van der Waals surface area contributed by atoms with Gasteiger partial charge in [-0.3, -0.25) is 9.59 Å². The predicted octanol–water partition coefficient (Wildman–Crippen LogP) is 7.80. The monoisotopic (exact) mass is 850 g/mol. The van der Waals surface area contributed by atoms with E-state index in [1.54, 1.807) is 54.6 Å². The number of hydrogen-bond donors (Lipinski definition) is 6. The lowest BCUT2D eigenvalue weighted by atomic mass is 9.90. The minimum absolute atomic E-state index is 0.0396. The van der Waals surface area contributed by atoms with Crippen molar-refractivity contribution in [2.45, 2.75) is 6.36 Å². The summed E-state index contributed by atoms with van der Waals surface area (Å²) in [7, 11) is 0. The molecule has 2 heterocycles. The molecular formula is C43H33F3N6O8S. The van der Waals surface area contributed by atoms with E-state index in [0.717, 1.165) is 0 Å². The van der Waals surface area contributed by atoms with Gasteiger partial charge in [-0.15, -0.1) is 13.2 Å². The van der Waals surface area contributed by atoms with Gasteiger partial charge in [0.05, 0.1) is 24.5 Å². The third-order valence-corrected chi connectivity index (χ3v) is 9.21. The summed E-state index contributed by atoms with van der Waals surface area (Å²) in [6.45, 7) is 0.956. The molecule has 61 heavy (non-hydrogen) atoms. The molecule has 310 valence electrons. The first kappa shape index (κ1) is 41.6. The summed E-state index contributed by atoms with van der Waals surface area (Å²) in [5, 5.41) is 32.8. The van der Waals surface area contributed by atoms with Gasteiger partial charge in [0.15, 0.2) is 10.5 Å². The zero-order valence-corrected chi connectivity index (χ0v) is 32.4. The maximum absolute atomic E-state index is 12.9. The number of thiocarbonyl (C=S) groups is 1. The summed E-state index contributed by atoms with van der Waals surface area (Å²) in [4.78, 5) is 46.0. The molecule has 0 saturated heterocycles. The van der Waals surface area contributed by atoms with Crippen molar-refractivity contribution in [3.05, 3.63) is 137 Å². The third-order valence-electron chi connectivity index (χ3n) is 8.97. The number of aromatic nitrogens is 2. The van der Waals surface area contributed by atoms with Crippen LogP contribution in [0.4, 0.5) is 30.4 Å². The number of ether oxygens (including phenoxy) is 2. The van der Waals surface area contributed by atoms with Crippen LogP contribution < -0.4 is 31.4 Å². The van der Waals surface area contributed by atoms with Gasteiger partial charge in [-0.2, -0.15) is 0 Å². The van der Waals surface area contributed by atoms with Crippen LogP contribution in [0.2, 0.25) is 0 Å². The van der Waals surface area contributed by atoms with E-state index in [1.165, 1.54) is 60.9 Å². The standard InChI is InChI=1S/C43H33F3N6O8S/c44-43(45,46)60-30-9-4-26(5-10-30)51-38-22-35(49-23-50-38)24-2-1-3-25(18-24)40(55)47-14-16-58-17-15-48-42(61)52-27-6-11-31(34(19-27)41(56)57)39-32-12-7-28(53)20-36(32)59-37-21-29(54)8-13-33(37)39/h1-13,18-23,53H,14-17H2,(H,47,55)(H,56,57)(H2,48,52,61)(H,49,50,51). The van der Waals surface area contributed by atoms with Crippen LogP contribution in [-0.2, 0) is 4.74 Å². The van der Waals surface area contributed by atoms with Crippen LogP contribution in [0.15, 0.2) is 125 Å². The summed E-state index contributed by atoms with van der Waals surface area (Å²) in [6, 6.07) is 27.1. The van der Waals surface area contributed by atoms with Gasteiger partial charge in [0.1, 0.15) is 35.0 Å². The molecule has 5 aromatic rings. The Bertz CT molecular complexity index is 2780. The van der Waals surface area contributed by atoms with Gasteiger partial charge >= 0.3 is 12.3 Å². The van der Waals surface area contributed by atoms with E-state index >= 15 is 0 Å². The average molecular weight is 851 g/mol. The van der Waals surface area contributed by atoms with E-state index in [2.05, 4.69) is 36.0 Å². The van der Waals surface area contributed by atoms with Gasteiger partial charge in [-0.1, -0.05) is 18.2 Å². The second-order valence-corrected chi connectivity index (χ2v) is 13.6. The molecule has 1 amide bonds. The van der Waals surface area contributed by atoms with Crippen molar-refractivity contribution in [2.24, 2.45) is 0 Å². The number of phenolic OH excluding ortho intramolecular Hbond substituents is 1. The number of nitrogens with one attached hydrogen (secondary N) is 4. The van der Waals surface area contributed by atoms with Gasteiger partial charge in [0.25, 0.3) is 5.91 Å². The Morgan fingerprint density at radius 2 is 1.57 bits per heavy atom. The number of halogens is 3. The van der Waals surface area contributed by atoms with E-state index < -0.39 is 12.3 Å². The van der Waals surface area contributed by atoms with Gasteiger partial charge < -0.3 is 45.4 Å². The fourth-order valence-corrected chi connectivity index (χ4v) is 6.53. The van der Waals surface area contributed by atoms with Gasteiger partial charge in [0.2, 0.25) is 0 Å². The lowest BCUT2D eigenvalue weighted by Crippen LogP contribution is -2.32. The molecule has 0 spiro atoms. The molecule has 0 atom stereocenters. The summed E-state index contributed by atoms with van der Waals surface area (Å²) < 4.78 is 52.8. The highest BCUT2D eigenvalue weighted by atomic mass is 32.1. The molecule has 6 N–H and O–H groups in total. The Balaban J connectivity index is 0.881. The van der Waals surface area contributed by atoms with Crippen molar-refractivity contribution in [2.75, 3.05) is 36.9 Å². The summed E-state index contributed by atoms with van der Waals surface area (Å²) in [5.41, 5.74) is 3.73. The number of benzene rings is 5. The maximum Gasteiger partial charge on any atom is 0.573 e. The van der Waals surface area contributed by atoms with Crippen molar-refractivity contribution >= 4 is 57.4 Å². The zero-order valence-electron chi connectivity index (χ0n) is 31.6. The van der Waals surface area contributed by atoms with Gasteiger partial charge in [-0.05, 0) is 90.6 Å². The molecule has 1 aliphatic carbocycles. The first-order valence-corrected chi connectivity index (χ1v) is 18.7. The molecule has 7 rings (SSSR count). The molecule has 0 radical (unpaired) electrons. The van der Waals surface area contributed by atoms with Crippen molar-refractivity contribution in [3.63, 3.8) is 0 Å². The minimum Gasteiger partial charge on any atom is -0.508 e. The molecule has 4 aromatic carbocycles. The molecule has 0 saturated carbocycles. The minimum atomic E-state index is -4.79. The fourth-order valence-electron chi connectivity index (χ4n) is 6.31. The number of carbonyl (C=O) groups is 2. The number of nitrogens with zero attached hydrogens (tertiary/aromatic N) is 2. The Morgan fingerprint density at radius 1 is 0.820 bits per heavy atom. The third kappa shape index (κ3) is 10.5. The van der Waals surface area contributed by atoms with Crippen LogP contribution in [-0.4, -0.2) is 69.8 Å². The summed E-state index contributed by atoms with van der Waals surface area (Å²) in [6.07, 6.45) is -3.47. The highest BCUT2D eigenvalue weighted by Gasteiger charge is 2.31. The molecule has 0 fully saturated rings. The second kappa shape index (κ2) is 18.1. The number of anilines is 3. The highest BCUT2D eigenvalue weighted by Crippen LogP contribution is 2.42.